The number of aryl methyl sites for hydroxylation is 1. The van der Waals surface area contributed by atoms with E-state index < -0.39 is 23.7 Å². The zero-order chi connectivity index (χ0) is 17.0. The Morgan fingerprint density at radius 2 is 1.87 bits per heavy atom. The van der Waals surface area contributed by atoms with Crippen LogP contribution in [0.4, 0.5) is 10.1 Å². The predicted octanol–water partition coefficient (Wildman–Crippen LogP) is 3.54. The average molecular weight is 335 g/mol. The Labute approximate surface area is 138 Å². The number of hydrogen-bond acceptors (Lipinski definition) is 2. The molecule has 0 saturated carbocycles. The van der Waals surface area contributed by atoms with Gasteiger partial charge in [-0.2, -0.15) is 0 Å². The highest BCUT2D eigenvalue weighted by Crippen LogP contribution is 2.16. The van der Waals surface area contributed by atoms with E-state index in [4.69, 9.17) is 11.6 Å². The molecule has 23 heavy (non-hydrogen) atoms. The van der Waals surface area contributed by atoms with Gasteiger partial charge in [-0.05, 0) is 43.7 Å². The molecule has 2 aromatic rings. The van der Waals surface area contributed by atoms with E-state index in [9.17, 15) is 14.0 Å². The van der Waals surface area contributed by atoms with E-state index >= 15 is 0 Å². The number of carbonyl (C=O) groups excluding carboxylic acids is 2. The molecule has 6 heteroatoms. The van der Waals surface area contributed by atoms with E-state index in [1.54, 1.807) is 43.3 Å². The van der Waals surface area contributed by atoms with Gasteiger partial charge >= 0.3 is 0 Å². The summed E-state index contributed by atoms with van der Waals surface area (Å²) in [5.74, 6) is -1.31. The van der Waals surface area contributed by atoms with Crippen LogP contribution < -0.4 is 10.6 Å². The minimum Gasteiger partial charge on any atom is -0.340 e. The lowest BCUT2D eigenvalue weighted by molar-refractivity contribution is -0.117. The topological polar surface area (TPSA) is 58.2 Å². The normalized spacial score (nSPS) is 11.7. The Morgan fingerprint density at radius 3 is 2.52 bits per heavy atom. The molecule has 1 atom stereocenters. The second-order valence-electron chi connectivity index (χ2n) is 5.13. The Balaban J connectivity index is 2.01. The van der Waals surface area contributed by atoms with E-state index in [1.807, 2.05) is 0 Å². The first-order chi connectivity index (χ1) is 10.9. The molecule has 0 heterocycles. The van der Waals surface area contributed by atoms with Crippen LogP contribution in [0.3, 0.4) is 0 Å². The molecule has 0 aliphatic heterocycles. The number of rotatable bonds is 4. The first-order valence-electron chi connectivity index (χ1n) is 7.01. The fourth-order valence-corrected chi connectivity index (χ4v) is 2.13. The van der Waals surface area contributed by atoms with Crippen LogP contribution in [0, 0.1) is 12.7 Å². The largest absolute Gasteiger partial charge is 0.340 e. The first-order valence-corrected chi connectivity index (χ1v) is 7.38. The van der Waals surface area contributed by atoms with Crippen molar-refractivity contribution < 1.29 is 14.0 Å². The molecule has 0 radical (unpaired) electrons. The molecule has 0 saturated heterocycles. The van der Waals surface area contributed by atoms with Crippen LogP contribution >= 0.6 is 11.6 Å². The fourth-order valence-electron chi connectivity index (χ4n) is 1.91. The van der Waals surface area contributed by atoms with E-state index in [2.05, 4.69) is 10.6 Å². The number of nitrogens with one attached hydrogen (secondary N) is 2. The molecule has 0 aromatic heterocycles. The minimum absolute atomic E-state index is 0.287. The van der Waals surface area contributed by atoms with Crippen molar-refractivity contribution in [3.63, 3.8) is 0 Å². The van der Waals surface area contributed by atoms with Gasteiger partial charge in [0, 0.05) is 5.69 Å². The van der Waals surface area contributed by atoms with Gasteiger partial charge in [-0.15, -0.1) is 0 Å². The zero-order valence-electron chi connectivity index (χ0n) is 12.7. The SMILES string of the molecule is Cc1ccc(NC(=O)[C@H](C)NC(=O)c2ccccc2Cl)cc1F. The summed E-state index contributed by atoms with van der Waals surface area (Å²) in [4.78, 5) is 24.2. The third-order valence-electron chi connectivity index (χ3n) is 3.30. The summed E-state index contributed by atoms with van der Waals surface area (Å²) in [7, 11) is 0. The summed E-state index contributed by atoms with van der Waals surface area (Å²) in [6.07, 6.45) is 0. The monoisotopic (exact) mass is 334 g/mol. The van der Waals surface area contributed by atoms with Gasteiger partial charge in [0.2, 0.25) is 5.91 Å². The molecule has 4 nitrogen and oxygen atoms in total. The Kier molecular flexibility index (Phi) is 5.34. The highest BCUT2D eigenvalue weighted by Gasteiger charge is 2.18. The molecule has 0 bridgehead atoms. The number of anilines is 1. The lowest BCUT2D eigenvalue weighted by atomic mass is 10.2. The van der Waals surface area contributed by atoms with Crippen molar-refractivity contribution in [3.05, 3.63) is 64.4 Å². The van der Waals surface area contributed by atoms with Crippen molar-refractivity contribution in [1.82, 2.24) is 5.32 Å². The third kappa shape index (κ3) is 4.29. The quantitative estimate of drug-likeness (QED) is 0.898. The van der Waals surface area contributed by atoms with Gasteiger partial charge in [0.05, 0.1) is 10.6 Å². The maximum Gasteiger partial charge on any atom is 0.253 e. The summed E-state index contributed by atoms with van der Waals surface area (Å²) in [6, 6.07) is 10.1. The second kappa shape index (κ2) is 7.24. The molecular formula is C17H16ClFN2O2. The van der Waals surface area contributed by atoms with E-state index in [0.29, 0.717) is 16.3 Å². The summed E-state index contributed by atoms with van der Waals surface area (Å²) in [5.41, 5.74) is 1.11. The lowest BCUT2D eigenvalue weighted by Gasteiger charge is -2.15. The molecule has 0 unspecified atom stereocenters. The van der Waals surface area contributed by atoms with Gasteiger partial charge in [0.1, 0.15) is 11.9 Å². The van der Waals surface area contributed by atoms with Crippen LogP contribution in [0.1, 0.15) is 22.8 Å². The van der Waals surface area contributed by atoms with Crippen molar-refractivity contribution in [2.24, 2.45) is 0 Å². The summed E-state index contributed by atoms with van der Waals surface area (Å²) >= 11 is 5.94. The first kappa shape index (κ1) is 17.0. The molecular weight excluding hydrogens is 319 g/mol. The summed E-state index contributed by atoms with van der Waals surface area (Å²) in [5, 5.41) is 5.41. The molecule has 2 amide bonds. The van der Waals surface area contributed by atoms with Crippen molar-refractivity contribution in [2.75, 3.05) is 5.32 Å². The van der Waals surface area contributed by atoms with Gasteiger partial charge in [0.25, 0.3) is 5.91 Å². The molecule has 2 rings (SSSR count). The zero-order valence-corrected chi connectivity index (χ0v) is 13.4. The van der Waals surface area contributed by atoms with Crippen molar-refractivity contribution in [1.29, 1.82) is 0 Å². The molecule has 0 spiro atoms. The van der Waals surface area contributed by atoms with Crippen LogP contribution in [-0.4, -0.2) is 17.9 Å². The van der Waals surface area contributed by atoms with Gasteiger partial charge in [0.15, 0.2) is 0 Å². The maximum atomic E-state index is 13.5. The second-order valence-corrected chi connectivity index (χ2v) is 5.54. The lowest BCUT2D eigenvalue weighted by Crippen LogP contribution is -2.41. The molecule has 2 aromatic carbocycles. The van der Waals surface area contributed by atoms with Gasteiger partial charge in [-0.25, -0.2) is 4.39 Å². The van der Waals surface area contributed by atoms with Crippen LogP contribution in [0.15, 0.2) is 42.5 Å². The average Bonchev–Trinajstić information content (AvgIpc) is 2.51. The molecule has 0 fully saturated rings. The van der Waals surface area contributed by atoms with Gasteiger partial charge in [-0.1, -0.05) is 29.8 Å². The van der Waals surface area contributed by atoms with Crippen LogP contribution in [0.2, 0.25) is 5.02 Å². The Morgan fingerprint density at radius 1 is 1.17 bits per heavy atom. The molecule has 2 N–H and O–H groups in total. The number of benzene rings is 2. The fraction of sp³-hybridized carbons (Fsp3) is 0.176. The van der Waals surface area contributed by atoms with Gasteiger partial charge < -0.3 is 10.6 Å². The predicted molar refractivity (Wildman–Crippen MR) is 88.1 cm³/mol. The summed E-state index contributed by atoms with van der Waals surface area (Å²) in [6.45, 7) is 3.17. The standard InChI is InChI=1S/C17H16ClFN2O2/c1-10-7-8-12(9-15(10)19)21-16(22)11(2)20-17(23)13-5-3-4-6-14(13)18/h3-9,11H,1-2H3,(H,20,23)(H,21,22)/t11-/m0/s1. The van der Waals surface area contributed by atoms with E-state index in [0.717, 1.165) is 0 Å². The van der Waals surface area contributed by atoms with Crippen LogP contribution in [-0.2, 0) is 4.79 Å². The van der Waals surface area contributed by atoms with Crippen molar-refractivity contribution in [2.45, 2.75) is 19.9 Å². The Bertz CT molecular complexity index is 749. The van der Waals surface area contributed by atoms with Crippen LogP contribution in [0.25, 0.3) is 0 Å². The van der Waals surface area contributed by atoms with Gasteiger partial charge in [-0.3, -0.25) is 9.59 Å². The third-order valence-corrected chi connectivity index (χ3v) is 3.63. The number of carbonyl (C=O) groups is 2. The van der Waals surface area contributed by atoms with Crippen molar-refractivity contribution >= 4 is 29.1 Å². The molecule has 0 aliphatic carbocycles. The van der Waals surface area contributed by atoms with E-state index in [1.165, 1.54) is 13.0 Å². The van der Waals surface area contributed by atoms with Crippen molar-refractivity contribution in [3.8, 4) is 0 Å². The highest BCUT2D eigenvalue weighted by molar-refractivity contribution is 6.33. The Hall–Kier alpha value is -2.40. The summed E-state index contributed by atoms with van der Waals surface area (Å²) < 4.78 is 13.5. The van der Waals surface area contributed by atoms with E-state index in [-0.39, 0.29) is 5.56 Å². The molecule has 0 aliphatic rings. The minimum atomic E-state index is -0.803. The number of amides is 2. The smallest absolute Gasteiger partial charge is 0.253 e. The number of hydrogen-bond donors (Lipinski definition) is 2. The molecule has 120 valence electrons. The maximum absolute atomic E-state index is 13.5. The number of halogens is 2. The van der Waals surface area contributed by atoms with Crippen LogP contribution in [0.5, 0.6) is 0 Å². The highest BCUT2D eigenvalue weighted by atomic mass is 35.5.